The van der Waals surface area contributed by atoms with Crippen LogP contribution in [-0.4, -0.2) is 56.6 Å². The molecule has 0 spiro atoms. The largest absolute Gasteiger partial charge is 0.480 e. The minimum absolute atomic E-state index is 0.417. The minimum atomic E-state index is -0.927. The maximum atomic E-state index is 10.7. The van der Waals surface area contributed by atoms with Gasteiger partial charge in [-0.05, 0) is 45.7 Å². The molecule has 1 atom stereocenters. The topological polar surface area (TPSA) is 94.1 Å². The van der Waals surface area contributed by atoms with E-state index in [9.17, 15) is 9.59 Å². The van der Waals surface area contributed by atoms with Crippen LogP contribution in [0.5, 0.6) is 0 Å². The molecule has 7 nitrogen and oxygen atoms in total. The summed E-state index contributed by atoms with van der Waals surface area (Å²) in [4.78, 5) is 20.5. The van der Waals surface area contributed by atoms with Crippen LogP contribution >= 0.6 is 8.38 Å². The highest BCUT2D eigenvalue weighted by Crippen LogP contribution is 2.38. The first-order chi connectivity index (χ1) is 12.1. The van der Waals surface area contributed by atoms with E-state index in [1.165, 1.54) is 0 Å². The molecular formula is C17H30NO6P. The molecule has 144 valence electrons. The number of carbonyl (C=O) groups is 2. The van der Waals surface area contributed by atoms with E-state index < -0.39 is 20.4 Å². The lowest BCUT2D eigenvalue weighted by Crippen LogP contribution is -2.34. The van der Waals surface area contributed by atoms with Crippen LogP contribution in [0.15, 0.2) is 23.8 Å². The van der Waals surface area contributed by atoms with Crippen molar-refractivity contribution in [2.24, 2.45) is 0 Å². The Balaban J connectivity index is 0.000000496. The Morgan fingerprint density at radius 2 is 2.04 bits per heavy atom. The second-order valence-electron chi connectivity index (χ2n) is 5.03. The molecule has 0 radical (unpaired) electrons. The van der Waals surface area contributed by atoms with E-state index in [4.69, 9.17) is 14.2 Å². The van der Waals surface area contributed by atoms with E-state index in [-0.39, 0.29) is 0 Å². The van der Waals surface area contributed by atoms with Crippen molar-refractivity contribution in [1.29, 1.82) is 0 Å². The summed E-state index contributed by atoms with van der Waals surface area (Å²) in [6, 6.07) is -0.518. The van der Waals surface area contributed by atoms with Gasteiger partial charge >= 0.3 is 5.97 Å². The summed E-state index contributed by atoms with van der Waals surface area (Å²) in [6.07, 6.45) is 9.50. The third-order valence-electron chi connectivity index (χ3n) is 3.18. The van der Waals surface area contributed by atoms with Gasteiger partial charge in [-0.1, -0.05) is 18.2 Å². The molecule has 1 aliphatic rings. The number of carboxylic acids is 1. The Hall–Kier alpha value is -1.27. The third kappa shape index (κ3) is 12.7. The summed E-state index contributed by atoms with van der Waals surface area (Å²) in [6.45, 7) is 5.90. The fraction of sp³-hybridized carbons (Fsp3) is 0.647. The Labute approximate surface area is 151 Å². The van der Waals surface area contributed by atoms with E-state index in [1.807, 2.05) is 19.9 Å². The molecule has 2 N–H and O–H groups in total. The van der Waals surface area contributed by atoms with Gasteiger partial charge in [0.15, 0.2) is 8.38 Å². The standard InChI is InChI=1S/C9H20NO4P.C8H10O2/c1-4-13-15(14-5-2)7-6-8(10-3)9(11)12;9-7-10-6-8-4-2-1-3-5-8/h8,10H,4-7H2,1-3H3,(H,11,12);2,4-5,7H,1,3,6H2. The van der Waals surface area contributed by atoms with Crippen LogP contribution in [-0.2, 0) is 23.4 Å². The number of aliphatic carboxylic acids is 1. The number of carbonyl (C=O) groups excluding carboxylic acids is 1. The van der Waals surface area contributed by atoms with E-state index in [1.54, 1.807) is 7.05 Å². The van der Waals surface area contributed by atoms with E-state index in [0.29, 0.717) is 38.9 Å². The van der Waals surface area contributed by atoms with Gasteiger partial charge in [-0.2, -0.15) is 0 Å². The molecule has 0 fully saturated rings. The van der Waals surface area contributed by atoms with E-state index >= 15 is 0 Å². The first kappa shape index (κ1) is 23.7. The van der Waals surface area contributed by atoms with Crippen molar-refractivity contribution in [1.82, 2.24) is 5.32 Å². The fourth-order valence-electron chi connectivity index (χ4n) is 1.99. The number of hydrogen-bond donors (Lipinski definition) is 2. The normalized spacial score (nSPS) is 14.3. The molecule has 0 saturated heterocycles. The average molecular weight is 375 g/mol. The average Bonchev–Trinajstić information content (AvgIpc) is 2.62. The lowest BCUT2D eigenvalue weighted by Gasteiger charge is -2.17. The van der Waals surface area contributed by atoms with Crippen molar-refractivity contribution < 1.29 is 28.5 Å². The van der Waals surface area contributed by atoms with Crippen LogP contribution in [0.2, 0.25) is 0 Å². The number of carboxylic acid groups (broad SMARTS) is 1. The number of rotatable bonds is 12. The number of hydrogen-bond acceptors (Lipinski definition) is 6. The molecule has 0 saturated carbocycles. The number of likely N-dealkylation sites (N-methyl/N-ethyl adjacent to an activating group) is 1. The predicted molar refractivity (Wildman–Crippen MR) is 98.6 cm³/mol. The Morgan fingerprint density at radius 1 is 1.36 bits per heavy atom. The summed E-state index contributed by atoms with van der Waals surface area (Å²) in [7, 11) is 0.714. The summed E-state index contributed by atoms with van der Waals surface area (Å²) >= 11 is 0. The lowest BCUT2D eigenvalue weighted by molar-refractivity contribution is -0.139. The second-order valence-corrected chi connectivity index (χ2v) is 6.66. The van der Waals surface area contributed by atoms with Crippen LogP contribution in [0, 0.1) is 0 Å². The van der Waals surface area contributed by atoms with Crippen molar-refractivity contribution in [3.05, 3.63) is 23.8 Å². The van der Waals surface area contributed by atoms with Crippen LogP contribution in [0.1, 0.15) is 33.1 Å². The first-order valence-electron chi connectivity index (χ1n) is 8.43. The molecule has 25 heavy (non-hydrogen) atoms. The van der Waals surface area contributed by atoms with Gasteiger partial charge in [-0.3, -0.25) is 9.59 Å². The number of allylic oxidation sites excluding steroid dienone is 2. The zero-order chi connectivity index (χ0) is 18.9. The quantitative estimate of drug-likeness (QED) is 0.400. The Morgan fingerprint density at radius 3 is 2.48 bits per heavy atom. The zero-order valence-corrected chi connectivity index (χ0v) is 16.2. The second kappa shape index (κ2) is 16.2. The highest BCUT2D eigenvalue weighted by molar-refractivity contribution is 7.47. The Kier molecular flexibility index (Phi) is 15.4. The van der Waals surface area contributed by atoms with Crippen LogP contribution in [0.25, 0.3) is 0 Å². The van der Waals surface area contributed by atoms with Crippen molar-refractivity contribution in [3.63, 3.8) is 0 Å². The first-order valence-corrected chi connectivity index (χ1v) is 9.79. The van der Waals surface area contributed by atoms with Crippen LogP contribution in [0.3, 0.4) is 0 Å². The minimum Gasteiger partial charge on any atom is -0.480 e. The molecule has 0 aromatic heterocycles. The van der Waals surface area contributed by atoms with Crippen molar-refractivity contribution in [2.45, 2.75) is 39.2 Å². The lowest BCUT2D eigenvalue weighted by atomic mass is 10.1. The molecule has 1 rings (SSSR count). The maximum Gasteiger partial charge on any atom is 0.320 e. The molecule has 0 aromatic carbocycles. The highest BCUT2D eigenvalue weighted by atomic mass is 31.2. The third-order valence-corrected chi connectivity index (χ3v) is 4.90. The molecule has 0 bridgehead atoms. The van der Waals surface area contributed by atoms with Gasteiger partial charge in [0.25, 0.3) is 6.47 Å². The Bertz CT molecular complexity index is 421. The molecule has 0 heterocycles. The summed E-state index contributed by atoms with van der Waals surface area (Å²) in [5.74, 6) is -0.833. The SMILES string of the molecule is CCOP(CCC(NC)C(=O)O)OCC.O=COCC1=CCCC=C1. The van der Waals surface area contributed by atoms with Gasteiger partial charge in [0, 0.05) is 6.16 Å². The van der Waals surface area contributed by atoms with Gasteiger partial charge in [-0.15, -0.1) is 0 Å². The fourth-order valence-corrected chi connectivity index (χ4v) is 3.36. The van der Waals surface area contributed by atoms with Gasteiger partial charge in [-0.25, -0.2) is 0 Å². The summed E-state index contributed by atoms with van der Waals surface area (Å²) in [5.41, 5.74) is 1.10. The zero-order valence-electron chi connectivity index (χ0n) is 15.3. The molecule has 1 aliphatic carbocycles. The van der Waals surface area contributed by atoms with Gasteiger partial charge in [0.05, 0.1) is 13.2 Å². The molecule has 0 aromatic rings. The van der Waals surface area contributed by atoms with E-state index in [2.05, 4.69) is 22.2 Å². The van der Waals surface area contributed by atoms with Gasteiger partial charge in [0.1, 0.15) is 12.6 Å². The van der Waals surface area contributed by atoms with Crippen LogP contribution in [0.4, 0.5) is 0 Å². The van der Waals surface area contributed by atoms with E-state index in [0.717, 1.165) is 18.4 Å². The monoisotopic (exact) mass is 375 g/mol. The van der Waals surface area contributed by atoms with Crippen molar-refractivity contribution in [2.75, 3.05) is 33.0 Å². The van der Waals surface area contributed by atoms with Crippen molar-refractivity contribution >= 4 is 20.8 Å². The van der Waals surface area contributed by atoms with Gasteiger partial charge < -0.3 is 24.2 Å². The van der Waals surface area contributed by atoms with Crippen LogP contribution < -0.4 is 5.32 Å². The van der Waals surface area contributed by atoms with Gasteiger partial charge in [0.2, 0.25) is 0 Å². The number of nitrogens with one attached hydrogen (secondary N) is 1. The molecule has 1 unspecified atom stereocenters. The highest BCUT2D eigenvalue weighted by Gasteiger charge is 2.18. The molecule has 0 aliphatic heterocycles. The van der Waals surface area contributed by atoms with Crippen molar-refractivity contribution in [3.8, 4) is 0 Å². The smallest absolute Gasteiger partial charge is 0.320 e. The molecule has 0 amide bonds. The summed E-state index contributed by atoms with van der Waals surface area (Å²) in [5, 5.41) is 11.5. The molecular weight excluding hydrogens is 345 g/mol. The molecule has 8 heteroatoms. The maximum absolute atomic E-state index is 10.7. The number of ether oxygens (including phenoxy) is 1. The summed E-state index contributed by atoms with van der Waals surface area (Å²) < 4.78 is 15.3. The predicted octanol–water partition coefficient (Wildman–Crippen LogP) is 2.87.